The number of nitrogens with one attached hydrogen (secondary N) is 1. The molecule has 25 heavy (non-hydrogen) atoms. The minimum absolute atomic E-state index is 0.211. The van der Waals surface area contributed by atoms with Gasteiger partial charge in [0.1, 0.15) is 5.39 Å². The highest BCUT2D eigenvalue weighted by Gasteiger charge is 2.13. The van der Waals surface area contributed by atoms with E-state index in [2.05, 4.69) is 15.2 Å². The van der Waals surface area contributed by atoms with E-state index in [1.54, 1.807) is 12.1 Å². The molecular weight excluding hydrogens is 365 g/mol. The lowest BCUT2D eigenvalue weighted by atomic mass is 10.1. The van der Waals surface area contributed by atoms with Gasteiger partial charge in [-0.2, -0.15) is 5.10 Å². The quantitative estimate of drug-likeness (QED) is 0.588. The van der Waals surface area contributed by atoms with Crippen LogP contribution in [0.5, 0.6) is 5.88 Å². The third-order valence-corrected chi connectivity index (χ3v) is 4.71. The number of fused-ring (bicyclic) bond motifs is 1. The summed E-state index contributed by atoms with van der Waals surface area (Å²) in [6.07, 6.45) is 2.28. The van der Waals surface area contributed by atoms with Crippen molar-refractivity contribution in [2.24, 2.45) is 0 Å². The summed E-state index contributed by atoms with van der Waals surface area (Å²) >= 11 is 6.30. The van der Waals surface area contributed by atoms with Crippen LogP contribution in [0.15, 0.2) is 35.3 Å². The summed E-state index contributed by atoms with van der Waals surface area (Å²) in [4.78, 5) is 34.4. The molecule has 0 aliphatic rings. The molecule has 3 rings (SSSR count). The molecule has 0 saturated heterocycles. The van der Waals surface area contributed by atoms with E-state index in [9.17, 15) is 4.79 Å². The number of hydrogen-bond acceptors (Lipinski definition) is 6. The SMILES string of the molecule is COc1nc(-c2ccc(CCP(O)O)c(Cl)c2)cc2cn[nH]c(=O)c12. The largest absolute Gasteiger partial charge is 0.480 e. The van der Waals surface area contributed by atoms with Crippen molar-refractivity contribution in [2.75, 3.05) is 13.3 Å². The van der Waals surface area contributed by atoms with Crippen molar-refractivity contribution in [2.45, 2.75) is 6.42 Å². The molecule has 0 fully saturated rings. The molecule has 0 aliphatic heterocycles. The third kappa shape index (κ3) is 3.80. The highest BCUT2D eigenvalue weighted by atomic mass is 35.5. The van der Waals surface area contributed by atoms with Gasteiger partial charge in [0.15, 0.2) is 8.38 Å². The number of rotatable bonds is 5. The molecule has 2 heterocycles. The maximum Gasteiger partial charge on any atom is 0.277 e. The Morgan fingerprint density at radius 3 is 2.80 bits per heavy atom. The number of H-pyrrole nitrogens is 1. The molecule has 0 spiro atoms. The number of methoxy groups -OCH3 is 1. The van der Waals surface area contributed by atoms with E-state index in [1.165, 1.54) is 13.3 Å². The number of ether oxygens (including phenoxy) is 1. The van der Waals surface area contributed by atoms with Crippen molar-refractivity contribution in [3.63, 3.8) is 0 Å². The molecule has 0 atom stereocenters. The number of halogens is 1. The molecule has 3 aromatic rings. The number of aromatic amines is 1. The Bertz CT molecular complexity index is 977. The number of nitrogens with zero attached hydrogens (tertiary/aromatic N) is 2. The van der Waals surface area contributed by atoms with Gasteiger partial charge >= 0.3 is 0 Å². The minimum Gasteiger partial charge on any atom is -0.480 e. The summed E-state index contributed by atoms with van der Waals surface area (Å²) < 4.78 is 5.24. The van der Waals surface area contributed by atoms with Crippen LogP contribution in [0, 0.1) is 0 Å². The standard InChI is InChI=1S/C16H15ClN3O4P/c1-24-16-14-11(8-18-20-15(14)21)7-13(19-16)10-3-2-9(12(17)6-10)4-5-25(22)23/h2-3,6-8,22-23H,4-5H2,1H3,(H,20,21). The first-order valence-electron chi connectivity index (χ1n) is 7.36. The van der Waals surface area contributed by atoms with Gasteiger partial charge in [0, 0.05) is 22.1 Å². The summed E-state index contributed by atoms with van der Waals surface area (Å²) in [5, 5.41) is 7.62. The number of aryl methyl sites for hydroxylation is 1. The first-order chi connectivity index (χ1) is 12.0. The molecule has 130 valence electrons. The molecule has 0 bridgehead atoms. The van der Waals surface area contributed by atoms with Crippen LogP contribution in [0.25, 0.3) is 22.0 Å². The van der Waals surface area contributed by atoms with Crippen molar-refractivity contribution < 1.29 is 14.5 Å². The van der Waals surface area contributed by atoms with Gasteiger partial charge in [-0.05, 0) is 24.1 Å². The maximum absolute atomic E-state index is 11.9. The van der Waals surface area contributed by atoms with Gasteiger partial charge < -0.3 is 14.5 Å². The summed E-state index contributed by atoms with van der Waals surface area (Å²) in [5.41, 5.74) is 1.81. The van der Waals surface area contributed by atoms with E-state index in [4.69, 9.17) is 26.1 Å². The predicted molar refractivity (Wildman–Crippen MR) is 97.1 cm³/mol. The Balaban J connectivity index is 2.05. The summed E-state index contributed by atoms with van der Waals surface area (Å²) in [7, 11) is -0.497. The van der Waals surface area contributed by atoms with Gasteiger partial charge in [-0.1, -0.05) is 23.7 Å². The van der Waals surface area contributed by atoms with E-state index >= 15 is 0 Å². The first kappa shape index (κ1) is 17.8. The topological polar surface area (TPSA) is 108 Å². The summed E-state index contributed by atoms with van der Waals surface area (Å²) in [6.45, 7) is 0. The molecule has 1 aromatic carbocycles. The molecule has 0 aliphatic carbocycles. The molecule has 2 aromatic heterocycles. The van der Waals surface area contributed by atoms with Crippen LogP contribution in [0.2, 0.25) is 5.02 Å². The van der Waals surface area contributed by atoms with Crippen LogP contribution in [0.3, 0.4) is 0 Å². The predicted octanol–water partition coefficient (Wildman–Crippen LogP) is 2.49. The molecule has 7 nitrogen and oxygen atoms in total. The average molecular weight is 380 g/mol. The van der Waals surface area contributed by atoms with Crippen LogP contribution < -0.4 is 10.3 Å². The van der Waals surface area contributed by atoms with Gasteiger partial charge in [0.25, 0.3) is 5.56 Å². The number of benzene rings is 1. The number of hydrogen-bond donors (Lipinski definition) is 3. The van der Waals surface area contributed by atoms with Gasteiger partial charge in [-0.3, -0.25) is 4.79 Å². The molecular formula is C16H15ClN3O4P. The van der Waals surface area contributed by atoms with Crippen LogP contribution >= 0.6 is 20.0 Å². The van der Waals surface area contributed by atoms with Crippen LogP contribution in [-0.4, -0.2) is 38.2 Å². The van der Waals surface area contributed by atoms with Crippen molar-refractivity contribution in [3.8, 4) is 17.1 Å². The zero-order valence-corrected chi connectivity index (χ0v) is 14.9. The van der Waals surface area contributed by atoms with Crippen LogP contribution in [0.4, 0.5) is 0 Å². The number of pyridine rings is 1. The van der Waals surface area contributed by atoms with Gasteiger partial charge in [0.2, 0.25) is 5.88 Å². The zero-order valence-electron chi connectivity index (χ0n) is 13.2. The second kappa shape index (κ2) is 7.45. The average Bonchev–Trinajstić information content (AvgIpc) is 2.59. The van der Waals surface area contributed by atoms with Crippen LogP contribution in [0.1, 0.15) is 5.56 Å². The Kier molecular flexibility index (Phi) is 5.30. The molecule has 0 unspecified atom stereocenters. The summed E-state index contributed by atoms with van der Waals surface area (Å²) in [6, 6.07) is 7.16. The lowest BCUT2D eigenvalue weighted by Crippen LogP contribution is -2.10. The van der Waals surface area contributed by atoms with Crippen LogP contribution in [-0.2, 0) is 6.42 Å². The van der Waals surface area contributed by atoms with E-state index in [0.717, 1.165) is 11.1 Å². The smallest absolute Gasteiger partial charge is 0.277 e. The molecule has 3 N–H and O–H groups in total. The van der Waals surface area contributed by atoms with E-state index in [1.807, 2.05) is 12.1 Å². The van der Waals surface area contributed by atoms with Gasteiger partial charge in [0.05, 0.1) is 19.0 Å². The zero-order chi connectivity index (χ0) is 18.0. The van der Waals surface area contributed by atoms with Crippen molar-refractivity contribution in [3.05, 3.63) is 51.4 Å². The molecule has 0 saturated carbocycles. The second-order valence-corrected chi connectivity index (χ2v) is 6.93. The Morgan fingerprint density at radius 1 is 1.32 bits per heavy atom. The lowest BCUT2D eigenvalue weighted by molar-refractivity contribution is 0.403. The second-order valence-electron chi connectivity index (χ2n) is 5.33. The van der Waals surface area contributed by atoms with Crippen molar-refractivity contribution in [1.82, 2.24) is 15.2 Å². The minimum atomic E-state index is -1.94. The highest BCUT2D eigenvalue weighted by molar-refractivity contribution is 7.45. The Morgan fingerprint density at radius 2 is 2.12 bits per heavy atom. The third-order valence-electron chi connectivity index (χ3n) is 3.74. The highest BCUT2D eigenvalue weighted by Crippen LogP contribution is 2.31. The fourth-order valence-corrected chi connectivity index (χ4v) is 3.23. The van der Waals surface area contributed by atoms with E-state index in [0.29, 0.717) is 27.9 Å². The lowest BCUT2D eigenvalue weighted by Gasteiger charge is -2.10. The fourth-order valence-electron chi connectivity index (χ4n) is 2.51. The number of aromatic nitrogens is 3. The van der Waals surface area contributed by atoms with Gasteiger partial charge in [-0.15, -0.1) is 0 Å². The van der Waals surface area contributed by atoms with Crippen molar-refractivity contribution in [1.29, 1.82) is 0 Å². The normalized spacial score (nSPS) is 11.2. The van der Waals surface area contributed by atoms with Crippen molar-refractivity contribution >= 4 is 30.7 Å². The maximum atomic E-state index is 11.9. The van der Waals surface area contributed by atoms with E-state index in [-0.39, 0.29) is 17.6 Å². The molecule has 0 radical (unpaired) electrons. The molecule has 0 amide bonds. The Hall–Kier alpha value is -2.05. The molecule has 9 heteroatoms. The van der Waals surface area contributed by atoms with E-state index < -0.39 is 8.38 Å². The Labute approximate surface area is 149 Å². The summed E-state index contributed by atoms with van der Waals surface area (Å²) in [5.74, 6) is 0.211. The monoisotopic (exact) mass is 379 g/mol. The first-order valence-corrected chi connectivity index (χ1v) is 9.17. The van der Waals surface area contributed by atoms with Gasteiger partial charge in [-0.25, -0.2) is 10.1 Å². The fraction of sp³-hybridized carbons (Fsp3) is 0.188.